The van der Waals surface area contributed by atoms with Gasteiger partial charge in [0.2, 0.25) is 5.91 Å². The summed E-state index contributed by atoms with van der Waals surface area (Å²) in [6.45, 7) is 2.13. The number of halogens is 3. The Kier molecular flexibility index (Phi) is 5.68. The van der Waals surface area contributed by atoms with Crippen LogP contribution >= 0.6 is 0 Å². The summed E-state index contributed by atoms with van der Waals surface area (Å²) in [7, 11) is 0. The maximum absolute atomic E-state index is 12.9. The molecule has 3 atom stereocenters. The van der Waals surface area contributed by atoms with Crippen molar-refractivity contribution in [3.05, 3.63) is 35.4 Å². The predicted molar refractivity (Wildman–Crippen MR) is 101 cm³/mol. The molecule has 154 valence electrons. The van der Waals surface area contributed by atoms with Gasteiger partial charge in [-0.25, -0.2) is 0 Å². The second-order valence-corrected chi connectivity index (χ2v) is 8.96. The average molecular weight is 394 g/mol. The minimum Gasteiger partial charge on any atom is -0.353 e. The second kappa shape index (κ2) is 8.05. The maximum atomic E-state index is 12.9. The summed E-state index contributed by atoms with van der Waals surface area (Å²) in [6, 6.07) is 5.77. The zero-order valence-corrected chi connectivity index (χ0v) is 16.2. The molecule has 6 heteroatoms. The van der Waals surface area contributed by atoms with Crippen LogP contribution in [0, 0.1) is 17.8 Å². The van der Waals surface area contributed by atoms with Crippen LogP contribution in [0.2, 0.25) is 0 Å². The van der Waals surface area contributed by atoms with Crippen molar-refractivity contribution in [3.8, 4) is 0 Å². The van der Waals surface area contributed by atoms with Crippen molar-refractivity contribution in [2.24, 2.45) is 17.8 Å². The van der Waals surface area contributed by atoms with Crippen molar-refractivity contribution in [3.63, 3.8) is 0 Å². The summed E-state index contributed by atoms with van der Waals surface area (Å²) in [5.74, 6) is 2.40. The molecule has 1 aromatic rings. The molecule has 1 aromatic carbocycles. The van der Waals surface area contributed by atoms with Gasteiger partial charge >= 0.3 is 6.18 Å². The predicted octanol–water partition coefficient (Wildman–Crippen LogP) is 4.61. The zero-order valence-electron chi connectivity index (χ0n) is 16.2. The van der Waals surface area contributed by atoms with E-state index in [-0.39, 0.29) is 11.9 Å². The number of benzene rings is 1. The van der Waals surface area contributed by atoms with Gasteiger partial charge in [0.15, 0.2) is 0 Å². The van der Waals surface area contributed by atoms with Crippen molar-refractivity contribution in [1.82, 2.24) is 10.2 Å². The maximum Gasteiger partial charge on any atom is 0.416 e. The number of carbonyl (C=O) groups excluding carboxylic acids is 1. The van der Waals surface area contributed by atoms with E-state index in [1.54, 1.807) is 6.07 Å². The van der Waals surface area contributed by atoms with E-state index in [1.165, 1.54) is 37.8 Å². The molecule has 2 aliphatic carbocycles. The topological polar surface area (TPSA) is 32.3 Å². The first-order chi connectivity index (χ1) is 13.4. The van der Waals surface area contributed by atoms with E-state index >= 15 is 0 Å². The van der Waals surface area contributed by atoms with Gasteiger partial charge in [0.25, 0.3) is 0 Å². The number of nitrogens with zero attached hydrogens (tertiary/aromatic N) is 1. The van der Waals surface area contributed by atoms with E-state index in [0.29, 0.717) is 24.4 Å². The van der Waals surface area contributed by atoms with Crippen LogP contribution in [0.25, 0.3) is 0 Å². The van der Waals surface area contributed by atoms with Gasteiger partial charge in [-0.05, 0) is 61.5 Å². The fraction of sp³-hybridized carbons (Fsp3) is 0.682. The van der Waals surface area contributed by atoms with Crippen LogP contribution in [-0.4, -0.2) is 29.9 Å². The molecule has 3 nitrogen and oxygen atoms in total. The van der Waals surface area contributed by atoms with Crippen LogP contribution in [0.1, 0.15) is 56.1 Å². The molecule has 0 unspecified atom stereocenters. The Morgan fingerprint density at radius 1 is 1.11 bits per heavy atom. The minimum absolute atomic E-state index is 0.189. The fourth-order valence-electron chi connectivity index (χ4n) is 5.49. The van der Waals surface area contributed by atoms with Gasteiger partial charge in [-0.1, -0.05) is 24.6 Å². The SMILES string of the molecule is O=C(C[C@@H]1C[C@H]2CC[C@H]1C2)NC1CCN(Cc2cccc(C(F)(F)F)c2)CC1. The van der Waals surface area contributed by atoms with Crippen molar-refractivity contribution >= 4 is 5.91 Å². The number of carbonyl (C=O) groups is 1. The highest BCUT2D eigenvalue weighted by Crippen LogP contribution is 2.49. The quantitative estimate of drug-likeness (QED) is 0.791. The third kappa shape index (κ3) is 4.70. The van der Waals surface area contributed by atoms with Gasteiger partial charge in [0.1, 0.15) is 0 Å². The Morgan fingerprint density at radius 3 is 2.54 bits per heavy atom. The Balaban J connectivity index is 1.21. The molecule has 2 bridgehead atoms. The lowest BCUT2D eigenvalue weighted by molar-refractivity contribution is -0.137. The summed E-state index contributed by atoms with van der Waals surface area (Å²) in [6.07, 6.45) is 3.31. The van der Waals surface area contributed by atoms with E-state index < -0.39 is 11.7 Å². The van der Waals surface area contributed by atoms with Crippen LogP contribution < -0.4 is 5.32 Å². The Bertz CT molecular complexity index is 697. The second-order valence-electron chi connectivity index (χ2n) is 8.96. The van der Waals surface area contributed by atoms with Crippen LogP contribution in [0.5, 0.6) is 0 Å². The molecule has 3 fully saturated rings. The van der Waals surface area contributed by atoms with E-state index in [2.05, 4.69) is 10.2 Å². The monoisotopic (exact) mass is 394 g/mol. The summed E-state index contributed by atoms with van der Waals surface area (Å²) in [4.78, 5) is 14.6. The summed E-state index contributed by atoms with van der Waals surface area (Å²) >= 11 is 0. The number of amides is 1. The van der Waals surface area contributed by atoms with E-state index in [4.69, 9.17) is 0 Å². The molecule has 0 aromatic heterocycles. The first-order valence-electron chi connectivity index (χ1n) is 10.5. The van der Waals surface area contributed by atoms with Crippen LogP contribution in [0.4, 0.5) is 13.2 Å². The standard InChI is InChI=1S/C22H29F3N2O/c23-22(24,25)19-3-1-2-16(12-19)14-27-8-6-20(7-9-27)26-21(28)13-18-11-15-4-5-17(18)10-15/h1-3,12,15,17-18,20H,4-11,13-14H2,(H,26,28)/t15-,17-,18-/m0/s1. The number of piperidine rings is 1. The molecule has 1 aliphatic heterocycles. The Labute approximate surface area is 164 Å². The number of nitrogens with one attached hydrogen (secondary N) is 1. The minimum atomic E-state index is -4.30. The lowest BCUT2D eigenvalue weighted by Crippen LogP contribution is -2.44. The van der Waals surface area contributed by atoms with Crippen molar-refractivity contribution in [2.75, 3.05) is 13.1 Å². The van der Waals surface area contributed by atoms with Crippen molar-refractivity contribution in [1.29, 1.82) is 0 Å². The first kappa shape index (κ1) is 19.7. The Morgan fingerprint density at radius 2 is 1.89 bits per heavy atom. The van der Waals surface area contributed by atoms with E-state index in [0.717, 1.165) is 43.8 Å². The number of alkyl halides is 3. The molecule has 1 saturated heterocycles. The van der Waals surface area contributed by atoms with Gasteiger partial charge in [-0.3, -0.25) is 9.69 Å². The first-order valence-corrected chi connectivity index (χ1v) is 10.5. The van der Waals surface area contributed by atoms with Gasteiger partial charge in [-0.15, -0.1) is 0 Å². The highest BCUT2D eigenvalue weighted by molar-refractivity contribution is 5.76. The summed E-state index contributed by atoms with van der Waals surface area (Å²) in [5.41, 5.74) is 0.0985. The van der Waals surface area contributed by atoms with Crippen LogP contribution in [0.15, 0.2) is 24.3 Å². The van der Waals surface area contributed by atoms with Gasteiger partial charge in [0.05, 0.1) is 5.56 Å². The van der Waals surface area contributed by atoms with Crippen LogP contribution in [-0.2, 0) is 17.5 Å². The third-order valence-corrected chi connectivity index (χ3v) is 6.95. The van der Waals surface area contributed by atoms with Crippen molar-refractivity contribution in [2.45, 2.75) is 63.7 Å². The van der Waals surface area contributed by atoms with Gasteiger partial charge in [0, 0.05) is 32.1 Å². The summed E-state index contributed by atoms with van der Waals surface area (Å²) in [5, 5.41) is 3.20. The lowest BCUT2D eigenvalue weighted by atomic mass is 9.86. The number of hydrogen-bond acceptors (Lipinski definition) is 2. The molecule has 1 heterocycles. The number of fused-ring (bicyclic) bond motifs is 2. The zero-order chi connectivity index (χ0) is 19.7. The molecule has 3 aliphatic rings. The average Bonchev–Trinajstić information content (AvgIpc) is 3.26. The third-order valence-electron chi connectivity index (χ3n) is 6.95. The fourth-order valence-corrected chi connectivity index (χ4v) is 5.49. The van der Waals surface area contributed by atoms with E-state index in [9.17, 15) is 18.0 Å². The molecule has 1 N–H and O–H groups in total. The lowest BCUT2D eigenvalue weighted by Gasteiger charge is -2.33. The molecule has 28 heavy (non-hydrogen) atoms. The summed E-state index contributed by atoms with van der Waals surface area (Å²) < 4.78 is 38.6. The van der Waals surface area contributed by atoms with E-state index in [1.807, 2.05) is 0 Å². The Hall–Kier alpha value is -1.56. The molecular weight excluding hydrogens is 365 g/mol. The number of rotatable bonds is 5. The molecule has 2 saturated carbocycles. The largest absolute Gasteiger partial charge is 0.416 e. The van der Waals surface area contributed by atoms with Gasteiger partial charge in [-0.2, -0.15) is 13.2 Å². The van der Waals surface area contributed by atoms with Crippen LogP contribution in [0.3, 0.4) is 0 Å². The van der Waals surface area contributed by atoms with Gasteiger partial charge < -0.3 is 5.32 Å². The highest BCUT2D eigenvalue weighted by Gasteiger charge is 2.40. The smallest absolute Gasteiger partial charge is 0.353 e. The highest BCUT2D eigenvalue weighted by atomic mass is 19.4. The molecule has 0 radical (unpaired) electrons. The molecule has 1 amide bonds. The molecule has 0 spiro atoms. The number of likely N-dealkylation sites (tertiary alicyclic amines) is 1. The number of hydrogen-bond donors (Lipinski definition) is 1. The van der Waals surface area contributed by atoms with Crippen molar-refractivity contribution < 1.29 is 18.0 Å². The molecule has 4 rings (SSSR count). The normalized spacial score (nSPS) is 28.6. The molecular formula is C22H29F3N2O.